The molecule has 2 aromatic rings. The van der Waals surface area contributed by atoms with Crippen molar-refractivity contribution in [3.63, 3.8) is 0 Å². The molecule has 2 aromatic carbocycles. The standard InChI is InChI=1S/C25H26O2/c1-15-14-21(24(27)25(2)12-5-13-25)22-19-9-8-16-6-3-4-7-17(16)18(19)10-11-20(22)23(15)26/h3-4,6-8,10-11,15,21,26H,5,9,12-14H2,1-2H3. The van der Waals surface area contributed by atoms with Crippen molar-refractivity contribution in [1.29, 1.82) is 0 Å². The third-order valence-electron chi connectivity index (χ3n) is 7.18. The van der Waals surface area contributed by atoms with Crippen molar-refractivity contribution in [2.45, 2.75) is 51.9 Å². The number of benzene rings is 2. The molecule has 0 spiro atoms. The zero-order valence-corrected chi connectivity index (χ0v) is 16.1. The molecule has 0 saturated heterocycles. The molecule has 0 aliphatic heterocycles. The first kappa shape index (κ1) is 16.8. The van der Waals surface area contributed by atoms with Crippen LogP contribution in [0.4, 0.5) is 0 Å². The Kier molecular flexibility index (Phi) is 3.62. The third kappa shape index (κ3) is 2.35. The minimum Gasteiger partial charge on any atom is -0.511 e. The average molecular weight is 358 g/mol. The van der Waals surface area contributed by atoms with Crippen LogP contribution in [0.2, 0.25) is 0 Å². The van der Waals surface area contributed by atoms with Gasteiger partial charge in [0.25, 0.3) is 0 Å². The van der Waals surface area contributed by atoms with Crippen molar-refractivity contribution in [1.82, 2.24) is 0 Å². The van der Waals surface area contributed by atoms with Gasteiger partial charge < -0.3 is 5.11 Å². The molecule has 3 aliphatic carbocycles. The van der Waals surface area contributed by atoms with Gasteiger partial charge in [-0.2, -0.15) is 0 Å². The summed E-state index contributed by atoms with van der Waals surface area (Å²) < 4.78 is 0. The molecular weight excluding hydrogens is 332 g/mol. The number of aliphatic hydroxyl groups excluding tert-OH is 1. The molecule has 2 atom stereocenters. The Bertz CT molecular complexity index is 1170. The maximum atomic E-state index is 13.5. The fraction of sp³-hybridized carbons (Fsp3) is 0.400. The highest BCUT2D eigenvalue weighted by Crippen LogP contribution is 2.47. The second-order valence-corrected chi connectivity index (χ2v) is 8.90. The van der Waals surface area contributed by atoms with Gasteiger partial charge in [0.2, 0.25) is 0 Å². The van der Waals surface area contributed by atoms with Gasteiger partial charge in [-0.05, 0) is 52.5 Å². The molecule has 2 unspecified atom stereocenters. The topological polar surface area (TPSA) is 37.3 Å². The molecule has 1 N–H and O–H groups in total. The minimum absolute atomic E-state index is 0.0352. The number of ketones is 1. The van der Waals surface area contributed by atoms with E-state index in [9.17, 15) is 9.90 Å². The Balaban J connectivity index is 1.84. The van der Waals surface area contributed by atoms with Gasteiger partial charge in [-0.1, -0.05) is 62.7 Å². The fourth-order valence-corrected chi connectivity index (χ4v) is 5.35. The van der Waals surface area contributed by atoms with Crippen LogP contribution in [0.25, 0.3) is 11.8 Å². The van der Waals surface area contributed by atoms with Crippen LogP contribution < -0.4 is 10.4 Å². The van der Waals surface area contributed by atoms with E-state index in [0.717, 1.165) is 42.9 Å². The van der Waals surface area contributed by atoms with E-state index < -0.39 is 0 Å². The predicted molar refractivity (Wildman–Crippen MR) is 107 cm³/mol. The van der Waals surface area contributed by atoms with E-state index in [4.69, 9.17) is 0 Å². The lowest BCUT2D eigenvalue weighted by atomic mass is 9.61. The fourth-order valence-electron chi connectivity index (χ4n) is 5.35. The SMILES string of the molecule is CC1CC(C(=O)C2(C)CCC2)c2c3c(ccc2=C1O)=c1ccccc1=CC3. The molecule has 2 heteroatoms. The van der Waals surface area contributed by atoms with E-state index in [1.54, 1.807) is 0 Å². The van der Waals surface area contributed by atoms with Gasteiger partial charge >= 0.3 is 0 Å². The van der Waals surface area contributed by atoms with Crippen LogP contribution in [0.5, 0.6) is 0 Å². The highest BCUT2D eigenvalue weighted by Gasteiger charge is 2.45. The zero-order chi connectivity index (χ0) is 18.8. The van der Waals surface area contributed by atoms with Crippen LogP contribution in [-0.4, -0.2) is 10.9 Å². The number of hydrogen-bond donors (Lipinski definition) is 1. The van der Waals surface area contributed by atoms with E-state index in [1.807, 2.05) is 13.0 Å². The van der Waals surface area contributed by atoms with Crippen molar-refractivity contribution in [2.24, 2.45) is 11.3 Å². The van der Waals surface area contributed by atoms with Crippen molar-refractivity contribution in [3.8, 4) is 0 Å². The zero-order valence-electron chi connectivity index (χ0n) is 16.1. The minimum atomic E-state index is -0.173. The predicted octanol–water partition coefficient (Wildman–Crippen LogP) is 3.86. The number of Topliss-reactive ketones (excluding diaryl/α,β-unsaturated/α-hetero) is 1. The quantitative estimate of drug-likeness (QED) is 0.885. The Morgan fingerprint density at radius 1 is 1.07 bits per heavy atom. The molecule has 0 bridgehead atoms. The molecule has 1 fully saturated rings. The van der Waals surface area contributed by atoms with E-state index in [1.165, 1.54) is 21.2 Å². The van der Waals surface area contributed by atoms with Crippen LogP contribution in [0.15, 0.2) is 36.4 Å². The maximum Gasteiger partial charge on any atom is 0.146 e. The highest BCUT2D eigenvalue weighted by molar-refractivity contribution is 5.92. The van der Waals surface area contributed by atoms with Gasteiger partial charge in [-0.25, -0.2) is 0 Å². The summed E-state index contributed by atoms with van der Waals surface area (Å²) in [5.74, 6) is 0.786. The summed E-state index contributed by atoms with van der Waals surface area (Å²) in [6.45, 7) is 4.18. The molecule has 138 valence electrons. The lowest BCUT2D eigenvalue weighted by Gasteiger charge is -2.41. The summed E-state index contributed by atoms with van der Waals surface area (Å²) >= 11 is 0. The maximum absolute atomic E-state index is 13.5. The van der Waals surface area contributed by atoms with Crippen molar-refractivity contribution < 1.29 is 9.90 Å². The summed E-state index contributed by atoms with van der Waals surface area (Å²) in [6, 6.07) is 12.6. The number of fused-ring (bicyclic) bond motifs is 4. The molecule has 2 nitrogen and oxygen atoms in total. The van der Waals surface area contributed by atoms with E-state index >= 15 is 0 Å². The molecule has 3 aliphatic rings. The van der Waals surface area contributed by atoms with Crippen LogP contribution in [0.3, 0.4) is 0 Å². The van der Waals surface area contributed by atoms with Crippen molar-refractivity contribution >= 4 is 17.6 Å². The lowest BCUT2D eigenvalue weighted by molar-refractivity contribution is -0.134. The van der Waals surface area contributed by atoms with Crippen LogP contribution in [0.1, 0.15) is 56.6 Å². The Labute approximate surface area is 159 Å². The summed E-state index contributed by atoms with van der Waals surface area (Å²) in [7, 11) is 0. The van der Waals surface area contributed by atoms with Gasteiger partial charge in [0.05, 0.1) is 0 Å². The van der Waals surface area contributed by atoms with Gasteiger partial charge in [0, 0.05) is 22.5 Å². The van der Waals surface area contributed by atoms with Crippen LogP contribution in [-0.2, 0) is 11.2 Å². The number of carbonyl (C=O) groups excluding carboxylic acids is 1. The second kappa shape index (κ2) is 5.82. The normalized spacial score (nSPS) is 24.7. The smallest absolute Gasteiger partial charge is 0.146 e. The van der Waals surface area contributed by atoms with Gasteiger partial charge in [0.15, 0.2) is 0 Å². The van der Waals surface area contributed by atoms with Crippen molar-refractivity contribution in [3.05, 3.63) is 68.4 Å². The van der Waals surface area contributed by atoms with Gasteiger partial charge in [0.1, 0.15) is 11.5 Å². The summed E-state index contributed by atoms with van der Waals surface area (Å²) in [5.41, 5.74) is 2.17. The first-order valence-corrected chi connectivity index (χ1v) is 10.2. The summed E-state index contributed by atoms with van der Waals surface area (Å²) in [5, 5.41) is 15.4. The molecule has 0 aromatic heterocycles. The lowest BCUT2D eigenvalue weighted by Crippen LogP contribution is -2.42. The molecule has 0 heterocycles. The molecule has 27 heavy (non-hydrogen) atoms. The van der Waals surface area contributed by atoms with Gasteiger partial charge in [-0.15, -0.1) is 0 Å². The largest absolute Gasteiger partial charge is 0.511 e. The van der Waals surface area contributed by atoms with Gasteiger partial charge in [-0.3, -0.25) is 4.79 Å². The highest BCUT2D eigenvalue weighted by atomic mass is 16.3. The molecule has 1 saturated carbocycles. The number of hydrogen-bond acceptors (Lipinski definition) is 2. The third-order valence-corrected chi connectivity index (χ3v) is 7.18. The molecule has 0 amide bonds. The Hall–Kier alpha value is -2.35. The Morgan fingerprint density at radius 3 is 2.56 bits per heavy atom. The number of carbonyl (C=O) groups is 1. The van der Waals surface area contributed by atoms with Crippen molar-refractivity contribution in [2.75, 3.05) is 0 Å². The number of aliphatic hydroxyl groups is 1. The van der Waals surface area contributed by atoms with Crippen LogP contribution in [0, 0.1) is 21.8 Å². The van der Waals surface area contributed by atoms with Crippen LogP contribution >= 0.6 is 0 Å². The monoisotopic (exact) mass is 358 g/mol. The first-order valence-electron chi connectivity index (χ1n) is 10.2. The van der Waals surface area contributed by atoms with E-state index in [0.29, 0.717) is 11.5 Å². The first-order chi connectivity index (χ1) is 13.0. The van der Waals surface area contributed by atoms with E-state index in [-0.39, 0.29) is 17.3 Å². The average Bonchev–Trinajstić information content (AvgIpc) is 2.67. The Morgan fingerprint density at radius 2 is 1.81 bits per heavy atom. The molecule has 5 rings (SSSR count). The summed E-state index contributed by atoms with van der Waals surface area (Å²) in [4.78, 5) is 13.5. The van der Waals surface area contributed by atoms with E-state index in [2.05, 4.69) is 43.3 Å². The molecule has 0 radical (unpaired) electrons. The molecular formula is C25H26O2. The summed E-state index contributed by atoms with van der Waals surface area (Å²) in [6.07, 6.45) is 6.99. The second-order valence-electron chi connectivity index (χ2n) is 8.90. The number of rotatable bonds is 2.